The molecule has 2 aromatic carbocycles. The van der Waals surface area contributed by atoms with Crippen LogP contribution in [0.25, 0.3) is 0 Å². The Bertz CT molecular complexity index is 1400. The van der Waals surface area contributed by atoms with E-state index < -0.39 is 16.1 Å². The van der Waals surface area contributed by atoms with E-state index in [4.69, 9.17) is 9.47 Å². The van der Waals surface area contributed by atoms with Gasteiger partial charge in [-0.05, 0) is 74.1 Å². The van der Waals surface area contributed by atoms with Crippen LogP contribution in [0.5, 0.6) is 11.5 Å². The summed E-state index contributed by atoms with van der Waals surface area (Å²) in [6, 6.07) is 14.2. The number of nitrogens with one attached hydrogen (secondary N) is 1. The summed E-state index contributed by atoms with van der Waals surface area (Å²) in [5.74, 6) is 0.522. The molecule has 1 aromatic heterocycles. The number of carbonyl (C=O) groups excluding carboxylic acids is 1. The molecular formula is C29H36N4O6S. The average Bonchev–Trinajstić information content (AvgIpc) is 2.95. The molecule has 1 aliphatic rings. The Labute approximate surface area is 235 Å². The molecule has 0 fully saturated rings. The van der Waals surface area contributed by atoms with Crippen LogP contribution >= 0.6 is 0 Å². The number of likely N-dealkylation sites (N-methyl/N-ethyl adjacent to an activating group) is 1. The molecule has 10 nitrogen and oxygen atoms in total. The fourth-order valence-electron chi connectivity index (χ4n) is 4.64. The first-order valence-corrected chi connectivity index (χ1v) is 14.6. The van der Waals surface area contributed by atoms with Crippen LogP contribution in [0.2, 0.25) is 0 Å². The van der Waals surface area contributed by atoms with Crippen LogP contribution in [0.3, 0.4) is 0 Å². The maximum absolute atomic E-state index is 13.7. The number of hydrogen-bond acceptors (Lipinski definition) is 8. The summed E-state index contributed by atoms with van der Waals surface area (Å²) >= 11 is 0. The summed E-state index contributed by atoms with van der Waals surface area (Å²) in [7, 11) is -0.410. The van der Waals surface area contributed by atoms with E-state index in [9.17, 15) is 18.3 Å². The third-order valence-corrected chi connectivity index (χ3v) is 8.38. The predicted octanol–water partition coefficient (Wildman–Crippen LogP) is 3.24. The molecular weight excluding hydrogens is 532 g/mol. The van der Waals surface area contributed by atoms with Gasteiger partial charge in [-0.3, -0.25) is 19.4 Å². The Morgan fingerprint density at radius 2 is 1.88 bits per heavy atom. The number of amides is 1. The zero-order valence-electron chi connectivity index (χ0n) is 23.1. The van der Waals surface area contributed by atoms with Gasteiger partial charge in [-0.15, -0.1) is 0 Å². The summed E-state index contributed by atoms with van der Waals surface area (Å²) in [4.78, 5) is 21.6. The van der Waals surface area contributed by atoms with Crippen molar-refractivity contribution in [2.75, 3.05) is 38.6 Å². The minimum atomic E-state index is -3.92. The topological polar surface area (TPSA) is 121 Å². The molecule has 4 rings (SSSR count). The van der Waals surface area contributed by atoms with Crippen molar-refractivity contribution >= 4 is 21.6 Å². The van der Waals surface area contributed by atoms with E-state index in [0.29, 0.717) is 31.1 Å². The number of ether oxygens (including phenoxy) is 2. The van der Waals surface area contributed by atoms with Gasteiger partial charge in [0.05, 0.1) is 30.2 Å². The minimum Gasteiger partial charge on any atom is -0.497 e. The van der Waals surface area contributed by atoms with E-state index in [-0.39, 0.29) is 40.7 Å². The number of sulfonamides is 1. The monoisotopic (exact) mass is 568 g/mol. The van der Waals surface area contributed by atoms with Gasteiger partial charge >= 0.3 is 0 Å². The maximum atomic E-state index is 13.7. The van der Waals surface area contributed by atoms with Crippen LogP contribution in [0.15, 0.2) is 71.9 Å². The van der Waals surface area contributed by atoms with Crippen molar-refractivity contribution in [3.8, 4) is 11.5 Å². The largest absolute Gasteiger partial charge is 0.497 e. The zero-order chi connectivity index (χ0) is 28.9. The fraction of sp³-hybridized carbons (Fsp3) is 0.379. The number of carbonyl (C=O) groups is 1. The lowest BCUT2D eigenvalue weighted by atomic mass is 9.99. The van der Waals surface area contributed by atoms with Gasteiger partial charge in [0.15, 0.2) is 0 Å². The highest BCUT2D eigenvalue weighted by Gasteiger charge is 2.33. The van der Waals surface area contributed by atoms with Crippen molar-refractivity contribution < 1.29 is 27.8 Å². The van der Waals surface area contributed by atoms with E-state index >= 15 is 0 Å². The van der Waals surface area contributed by atoms with Gasteiger partial charge < -0.3 is 19.5 Å². The molecule has 0 unspecified atom stereocenters. The van der Waals surface area contributed by atoms with Gasteiger partial charge in [-0.25, -0.2) is 8.42 Å². The maximum Gasteiger partial charge on any atom is 0.261 e. The quantitative estimate of drug-likeness (QED) is 0.382. The number of aliphatic hydroxyl groups is 1. The van der Waals surface area contributed by atoms with E-state index in [1.165, 1.54) is 25.3 Å². The Kier molecular flexibility index (Phi) is 9.28. The van der Waals surface area contributed by atoms with Crippen molar-refractivity contribution in [1.29, 1.82) is 0 Å². The molecule has 1 amide bonds. The van der Waals surface area contributed by atoms with Crippen molar-refractivity contribution in [1.82, 2.24) is 14.8 Å². The van der Waals surface area contributed by atoms with E-state index in [2.05, 4.69) is 14.6 Å². The Morgan fingerprint density at radius 1 is 1.18 bits per heavy atom. The Morgan fingerprint density at radius 3 is 2.52 bits per heavy atom. The highest BCUT2D eigenvalue weighted by atomic mass is 32.2. The molecule has 3 aromatic rings. The average molecular weight is 569 g/mol. The number of aromatic nitrogens is 1. The van der Waals surface area contributed by atoms with Crippen molar-refractivity contribution in [3.05, 3.63) is 78.1 Å². The number of pyridine rings is 1. The number of hydrogen-bond donors (Lipinski definition) is 2. The molecule has 40 heavy (non-hydrogen) atoms. The molecule has 2 N–H and O–H groups in total. The second-order valence-electron chi connectivity index (χ2n) is 10.2. The lowest BCUT2D eigenvalue weighted by molar-refractivity contribution is 0.0341. The Hall–Kier alpha value is -3.67. The molecule has 0 saturated carbocycles. The fourth-order valence-corrected chi connectivity index (χ4v) is 5.69. The minimum absolute atomic E-state index is 0.0424. The first-order chi connectivity index (χ1) is 19.1. The zero-order valence-corrected chi connectivity index (χ0v) is 24.0. The molecule has 214 valence electrons. The van der Waals surface area contributed by atoms with Crippen LogP contribution in [-0.2, 0) is 16.6 Å². The highest BCUT2D eigenvalue weighted by Crippen LogP contribution is 2.31. The van der Waals surface area contributed by atoms with Crippen LogP contribution in [-0.4, -0.2) is 80.2 Å². The van der Waals surface area contributed by atoms with Gasteiger partial charge in [-0.1, -0.05) is 6.92 Å². The summed E-state index contributed by atoms with van der Waals surface area (Å²) in [6.07, 6.45) is 3.25. The molecule has 11 heteroatoms. The smallest absolute Gasteiger partial charge is 0.261 e. The van der Waals surface area contributed by atoms with Crippen LogP contribution in [0, 0.1) is 5.92 Å². The third-order valence-electron chi connectivity index (χ3n) is 6.98. The molecule has 0 bridgehead atoms. The number of methoxy groups -OCH3 is 1. The molecule has 0 aliphatic carbocycles. The second kappa shape index (κ2) is 12.7. The standard InChI is InChI=1S/C29H36N4O6S/c1-20-16-33(21(2)19-34)29(35)26-15-23(31-40(36,37)25-8-6-24(38-4)7-9-25)5-10-27(26)39-28(20)18-32(3)17-22-11-13-30-14-12-22/h5-15,20-21,28,31,34H,16-19H2,1-4H3/t20-,21-,28+/m0/s1. The van der Waals surface area contributed by atoms with Gasteiger partial charge in [0.1, 0.15) is 17.6 Å². The van der Waals surface area contributed by atoms with Crippen molar-refractivity contribution in [3.63, 3.8) is 0 Å². The summed E-state index contributed by atoms with van der Waals surface area (Å²) in [6.45, 7) is 5.26. The summed E-state index contributed by atoms with van der Waals surface area (Å²) in [5.41, 5.74) is 1.57. The van der Waals surface area contributed by atoms with Gasteiger partial charge in [0.25, 0.3) is 15.9 Å². The van der Waals surface area contributed by atoms with Crippen molar-refractivity contribution in [2.24, 2.45) is 5.92 Å². The SMILES string of the molecule is COc1ccc(S(=O)(=O)Nc2ccc3c(c2)C(=O)N([C@@H](C)CO)C[C@H](C)[C@@H](CN(C)Cc2ccncc2)O3)cc1. The molecule has 0 spiro atoms. The molecule has 0 saturated heterocycles. The van der Waals surface area contributed by atoms with Gasteiger partial charge in [0.2, 0.25) is 0 Å². The number of fused-ring (bicyclic) bond motifs is 1. The normalized spacial score (nSPS) is 18.4. The molecule has 2 heterocycles. The molecule has 1 aliphatic heterocycles. The second-order valence-corrected chi connectivity index (χ2v) is 11.8. The number of benzene rings is 2. The lowest BCUT2D eigenvalue weighted by Gasteiger charge is -2.38. The number of rotatable bonds is 10. The van der Waals surface area contributed by atoms with Crippen LogP contribution < -0.4 is 14.2 Å². The summed E-state index contributed by atoms with van der Waals surface area (Å²) < 4.78 is 40.2. The van der Waals surface area contributed by atoms with Crippen LogP contribution in [0.4, 0.5) is 5.69 Å². The van der Waals surface area contributed by atoms with Gasteiger partial charge in [0, 0.05) is 43.6 Å². The third kappa shape index (κ3) is 6.90. The van der Waals surface area contributed by atoms with E-state index in [1.54, 1.807) is 48.5 Å². The highest BCUT2D eigenvalue weighted by molar-refractivity contribution is 7.92. The van der Waals surface area contributed by atoms with E-state index in [1.807, 2.05) is 26.1 Å². The van der Waals surface area contributed by atoms with E-state index in [0.717, 1.165) is 5.56 Å². The number of anilines is 1. The number of nitrogens with zero attached hydrogens (tertiary/aromatic N) is 3. The Balaban J connectivity index is 1.62. The van der Waals surface area contributed by atoms with Crippen LogP contribution in [0.1, 0.15) is 29.8 Å². The van der Waals surface area contributed by atoms with Gasteiger partial charge in [-0.2, -0.15) is 0 Å². The molecule has 3 atom stereocenters. The first kappa shape index (κ1) is 29.3. The number of aliphatic hydroxyl groups excluding tert-OH is 1. The van der Waals surface area contributed by atoms with Crippen molar-refractivity contribution in [2.45, 2.75) is 37.4 Å². The predicted molar refractivity (Wildman–Crippen MR) is 152 cm³/mol. The summed E-state index contributed by atoms with van der Waals surface area (Å²) in [5, 5.41) is 9.91. The molecule has 0 radical (unpaired) electrons. The first-order valence-electron chi connectivity index (χ1n) is 13.1. The lowest BCUT2D eigenvalue weighted by Crippen LogP contribution is -2.49.